The highest BCUT2D eigenvalue weighted by molar-refractivity contribution is 5.87. The van der Waals surface area contributed by atoms with E-state index < -0.39 is 11.2 Å². The monoisotopic (exact) mass is 249 g/mol. The van der Waals surface area contributed by atoms with Crippen LogP contribution < -0.4 is 16.6 Å². The second-order valence-corrected chi connectivity index (χ2v) is 4.21. The number of nitrogens with zero attached hydrogens (tertiary/aromatic N) is 3. The van der Waals surface area contributed by atoms with E-state index in [0.29, 0.717) is 19.0 Å². The minimum absolute atomic E-state index is 0.420. The van der Waals surface area contributed by atoms with Crippen molar-refractivity contribution in [2.24, 2.45) is 4.99 Å². The van der Waals surface area contributed by atoms with Crippen molar-refractivity contribution >= 4 is 11.5 Å². The van der Waals surface area contributed by atoms with Crippen LogP contribution in [0.1, 0.15) is 6.92 Å². The van der Waals surface area contributed by atoms with Gasteiger partial charge in [0.1, 0.15) is 0 Å². The molecule has 1 aliphatic heterocycles. The summed E-state index contributed by atoms with van der Waals surface area (Å²) in [6.07, 6.45) is 3.07. The van der Waals surface area contributed by atoms with Gasteiger partial charge in [-0.05, 0) is 14.0 Å². The maximum atomic E-state index is 11.7. The van der Waals surface area contributed by atoms with Crippen molar-refractivity contribution in [2.45, 2.75) is 6.92 Å². The fraction of sp³-hybridized carbons (Fsp3) is 0.364. The lowest BCUT2D eigenvalue weighted by atomic mass is 10.4. The summed E-state index contributed by atoms with van der Waals surface area (Å²) in [5.41, 5.74) is -0.0273. The fourth-order valence-corrected chi connectivity index (χ4v) is 1.72. The van der Waals surface area contributed by atoms with Gasteiger partial charge in [0, 0.05) is 30.7 Å². The number of rotatable bonds is 1. The van der Waals surface area contributed by atoms with Gasteiger partial charge in [0.15, 0.2) is 5.82 Å². The topological polar surface area (TPSA) is 82.5 Å². The molecule has 0 atom stereocenters. The first kappa shape index (κ1) is 12.3. The number of aromatic amines is 1. The molecule has 0 spiro atoms. The van der Waals surface area contributed by atoms with Gasteiger partial charge in [-0.25, -0.2) is 9.79 Å². The van der Waals surface area contributed by atoms with E-state index in [2.05, 4.69) is 20.2 Å². The predicted octanol–water partition coefficient (Wildman–Crippen LogP) is -0.754. The van der Waals surface area contributed by atoms with E-state index in [-0.39, 0.29) is 0 Å². The van der Waals surface area contributed by atoms with Crippen molar-refractivity contribution in [1.82, 2.24) is 19.8 Å². The Labute approximate surface area is 103 Å². The van der Waals surface area contributed by atoms with Crippen LogP contribution in [0.2, 0.25) is 0 Å². The molecule has 96 valence electrons. The third-order valence-corrected chi connectivity index (χ3v) is 2.47. The molecule has 1 aromatic heterocycles. The van der Waals surface area contributed by atoms with E-state index in [9.17, 15) is 9.59 Å². The molecule has 0 saturated carbocycles. The zero-order chi connectivity index (χ0) is 13.1. The second-order valence-electron chi connectivity index (χ2n) is 4.21. The van der Waals surface area contributed by atoms with Crippen molar-refractivity contribution in [1.29, 1.82) is 0 Å². The summed E-state index contributed by atoms with van der Waals surface area (Å²) < 4.78 is 1.29. The molecule has 0 fully saturated rings. The summed E-state index contributed by atoms with van der Waals surface area (Å²) in [5.74, 6) is 0.460. The molecule has 0 saturated heterocycles. The first-order valence-electron chi connectivity index (χ1n) is 5.55. The smallest absolute Gasteiger partial charge is 0.334 e. The van der Waals surface area contributed by atoms with E-state index in [0.717, 1.165) is 5.71 Å². The molecule has 2 N–H and O–H groups in total. The van der Waals surface area contributed by atoms with Crippen molar-refractivity contribution in [3.05, 3.63) is 39.3 Å². The highest BCUT2D eigenvalue weighted by atomic mass is 16.2. The summed E-state index contributed by atoms with van der Waals surface area (Å²) in [4.78, 5) is 31.3. The number of hydrogen-bond acceptors (Lipinski definition) is 5. The SMILES string of the molecule is C/C1=N\C(n2ccc(=O)[nH]c2=O)=C/NCN(C)C1. The van der Waals surface area contributed by atoms with Crippen LogP contribution >= 0.6 is 0 Å². The molecule has 1 aliphatic rings. The molecule has 1 aromatic rings. The minimum Gasteiger partial charge on any atom is -0.375 e. The van der Waals surface area contributed by atoms with Crippen LogP contribution in [0.5, 0.6) is 0 Å². The molecule has 2 rings (SSSR count). The highest BCUT2D eigenvalue weighted by Crippen LogP contribution is 2.04. The van der Waals surface area contributed by atoms with Gasteiger partial charge >= 0.3 is 5.69 Å². The molecule has 7 nitrogen and oxygen atoms in total. The van der Waals surface area contributed by atoms with Gasteiger partial charge in [-0.2, -0.15) is 0 Å². The summed E-state index contributed by atoms with van der Waals surface area (Å²) in [6, 6.07) is 1.29. The predicted molar refractivity (Wildman–Crippen MR) is 69.3 cm³/mol. The maximum Gasteiger partial charge on any atom is 0.334 e. The van der Waals surface area contributed by atoms with Crippen molar-refractivity contribution in [3.63, 3.8) is 0 Å². The standard InChI is InChI=1S/C11H15N5O2/c1-8-6-15(2)7-12-5-9(13-8)16-4-3-10(17)14-11(16)18/h3-5,12H,6-7H2,1-2H3,(H,14,17,18)/b9-5+,13-8+. The van der Waals surface area contributed by atoms with E-state index in [1.54, 1.807) is 6.20 Å². The van der Waals surface area contributed by atoms with E-state index in [4.69, 9.17) is 0 Å². The maximum absolute atomic E-state index is 11.7. The molecule has 7 heteroatoms. The Kier molecular flexibility index (Phi) is 3.42. The molecule has 0 aromatic carbocycles. The summed E-state index contributed by atoms with van der Waals surface area (Å²) >= 11 is 0. The molecule has 2 heterocycles. The lowest BCUT2D eigenvalue weighted by molar-refractivity contribution is 0.365. The number of hydrogen-bond donors (Lipinski definition) is 2. The van der Waals surface area contributed by atoms with Crippen LogP contribution in [-0.2, 0) is 0 Å². The first-order chi connectivity index (χ1) is 8.56. The van der Waals surface area contributed by atoms with Gasteiger partial charge in [0.2, 0.25) is 0 Å². The van der Waals surface area contributed by atoms with E-state index >= 15 is 0 Å². The quantitative estimate of drug-likeness (QED) is 0.686. The van der Waals surface area contributed by atoms with Crippen molar-refractivity contribution in [2.75, 3.05) is 20.3 Å². The Hall–Kier alpha value is -2.15. The minimum atomic E-state index is -0.499. The number of nitrogens with one attached hydrogen (secondary N) is 2. The van der Waals surface area contributed by atoms with Gasteiger partial charge in [0.05, 0.1) is 6.67 Å². The second kappa shape index (κ2) is 5.01. The molecular formula is C11H15N5O2. The Balaban J connectivity index is 2.43. The van der Waals surface area contributed by atoms with Crippen LogP contribution in [0.3, 0.4) is 0 Å². The van der Waals surface area contributed by atoms with Crippen molar-refractivity contribution < 1.29 is 0 Å². The highest BCUT2D eigenvalue weighted by Gasteiger charge is 2.07. The molecule has 0 radical (unpaired) electrons. The van der Waals surface area contributed by atoms with E-state index in [1.807, 2.05) is 14.0 Å². The number of aromatic nitrogens is 2. The first-order valence-corrected chi connectivity index (χ1v) is 5.55. The van der Waals surface area contributed by atoms with Gasteiger partial charge in [-0.3, -0.25) is 19.2 Å². The molecular weight excluding hydrogens is 234 g/mol. The summed E-state index contributed by atoms with van der Waals surface area (Å²) in [7, 11) is 1.97. The molecule has 18 heavy (non-hydrogen) atoms. The third-order valence-electron chi connectivity index (χ3n) is 2.47. The largest absolute Gasteiger partial charge is 0.375 e. The number of H-pyrrole nitrogens is 1. The van der Waals surface area contributed by atoms with E-state index in [1.165, 1.54) is 16.8 Å². The van der Waals surface area contributed by atoms with Gasteiger partial charge in [-0.15, -0.1) is 0 Å². The van der Waals surface area contributed by atoms with Crippen LogP contribution in [-0.4, -0.2) is 40.4 Å². The zero-order valence-electron chi connectivity index (χ0n) is 10.3. The normalized spacial score (nSPS) is 23.0. The Bertz CT molecular complexity index is 610. The summed E-state index contributed by atoms with van der Waals surface area (Å²) in [6.45, 7) is 3.27. The Morgan fingerprint density at radius 1 is 1.39 bits per heavy atom. The molecule has 0 unspecified atom stereocenters. The lowest BCUT2D eigenvalue weighted by Crippen LogP contribution is -2.35. The lowest BCUT2D eigenvalue weighted by Gasteiger charge is -2.19. The Morgan fingerprint density at radius 2 is 2.17 bits per heavy atom. The van der Waals surface area contributed by atoms with Crippen LogP contribution in [0.15, 0.2) is 33.0 Å². The average molecular weight is 249 g/mol. The average Bonchev–Trinajstić information content (AvgIpc) is 2.25. The molecule has 0 bridgehead atoms. The molecule has 0 aliphatic carbocycles. The number of aliphatic imine (C=N–C) groups is 1. The van der Waals surface area contributed by atoms with Gasteiger partial charge < -0.3 is 5.32 Å². The van der Waals surface area contributed by atoms with Crippen LogP contribution in [0, 0.1) is 0 Å². The zero-order valence-corrected chi connectivity index (χ0v) is 10.3. The van der Waals surface area contributed by atoms with Crippen LogP contribution in [0.4, 0.5) is 0 Å². The van der Waals surface area contributed by atoms with Gasteiger partial charge in [0.25, 0.3) is 5.56 Å². The van der Waals surface area contributed by atoms with Gasteiger partial charge in [-0.1, -0.05) is 0 Å². The summed E-state index contributed by atoms with van der Waals surface area (Å²) in [5, 5.41) is 3.05. The molecule has 0 amide bonds. The Morgan fingerprint density at radius 3 is 2.89 bits per heavy atom. The third kappa shape index (κ3) is 2.75. The van der Waals surface area contributed by atoms with Crippen LogP contribution in [0.25, 0.3) is 5.82 Å². The van der Waals surface area contributed by atoms with Crippen molar-refractivity contribution in [3.8, 4) is 0 Å². The fourth-order valence-electron chi connectivity index (χ4n) is 1.72.